The number of hydrogen-bond acceptors (Lipinski definition) is 6. The second-order valence-electron chi connectivity index (χ2n) is 23.1. The van der Waals surface area contributed by atoms with E-state index in [0.717, 1.165) is 96.3 Å². The summed E-state index contributed by atoms with van der Waals surface area (Å²) in [4.78, 5) is 38.2. The molecule has 80 heavy (non-hydrogen) atoms. The number of carbonyl (C=O) groups is 3. The number of hydrogen-bond donors (Lipinski definition) is 0. The first-order valence-corrected chi connectivity index (χ1v) is 34.6. The Hall–Kier alpha value is -3.41. The lowest BCUT2D eigenvalue weighted by molar-refractivity contribution is -0.166. The zero-order chi connectivity index (χ0) is 57.8. The summed E-state index contributed by atoms with van der Waals surface area (Å²) in [5, 5.41) is 0. The highest BCUT2D eigenvalue weighted by Gasteiger charge is 2.19. The number of ether oxygens (including phenoxy) is 3. The lowest BCUT2D eigenvalue weighted by Crippen LogP contribution is -2.30. The van der Waals surface area contributed by atoms with E-state index in [4.69, 9.17) is 14.2 Å². The summed E-state index contributed by atoms with van der Waals surface area (Å²) >= 11 is 0. The van der Waals surface area contributed by atoms with Gasteiger partial charge in [-0.05, 0) is 70.6 Å². The van der Waals surface area contributed by atoms with Crippen molar-refractivity contribution in [2.45, 2.75) is 354 Å². The van der Waals surface area contributed by atoms with E-state index in [2.05, 4.69) is 93.7 Å². The van der Waals surface area contributed by atoms with Crippen molar-refractivity contribution in [3.8, 4) is 0 Å². The van der Waals surface area contributed by atoms with Crippen LogP contribution in [0.1, 0.15) is 348 Å². The topological polar surface area (TPSA) is 78.9 Å². The number of esters is 3. The minimum atomic E-state index is -0.837. The first-order chi connectivity index (χ1) is 39.5. The number of allylic oxidation sites excluding steroid dienone is 13. The van der Waals surface area contributed by atoms with Crippen LogP contribution in [0.2, 0.25) is 0 Å². The molecule has 0 aromatic heterocycles. The van der Waals surface area contributed by atoms with E-state index in [9.17, 15) is 14.4 Å². The van der Waals surface area contributed by atoms with Gasteiger partial charge in [-0.2, -0.15) is 0 Å². The van der Waals surface area contributed by atoms with Gasteiger partial charge in [0.15, 0.2) is 6.10 Å². The van der Waals surface area contributed by atoms with Gasteiger partial charge in [-0.3, -0.25) is 14.4 Å². The number of carbonyl (C=O) groups excluding carboxylic acids is 3. The maximum Gasteiger partial charge on any atom is 0.310 e. The van der Waals surface area contributed by atoms with Crippen molar-refractivity contribution in [2.24, 2.45) is 0 Å². The molecule has 0 saturated carbocycles. The predicted octanol–water partition coefficient (Wildman–Crippen LogP) is 23.8. The van der Waals surface area contributed by atoms with E-state index in [0.29, 0.717) is 12.8 Å². The first kappa shape index (κ1) is 76.6. The van der Waals surface area contributed by atoms with Gasteiger partial charge in [0.05, 0.1) is 6.42 Å². The molecule has 0 heterocycles. The minimum Gasteiger partial charge on any atom is -0.462 e. The van der Waals surface area contributed by atoms with Crippen LogP contribution in [0.5, 0.6) is 0 Å². The zero-order valence-corrected chi connectivity index (χ0v) is 53.1. The zero-order valence-electron chi connectivity index (χ0n) is 53.1. The lowest BCUT2D eigenvalue weighted by atomic mass is 10.0. The van der Waals surface area contributed by atoms with Crippen molar-refractivity contribution in [1.29, 1.82) is 0 Å². The average Bonchev–Trinajstić information content (AvgIpc) is 3.46. The van der Waals surface area contributed by atoms with E-state index in [-0.39, 0.29) is 31.6 Å². The molecule has 0 aliphatic rings. The molecule has 0 rings (SSSR count). The molecule has 1 atom stereocenters. The van der Waals surface area contributed by atoms with Crippen molar-refractivity contribution in [3.05, 3.63) is 85.1 Å². The van der Waals surface area contributed by atoms with E-state index in [1.54, 1.807) is 6.08 Å². The standard InChI is InChI=1S/C74H130O6/c1-4-7-10-13-16-19-22-25-28-29-30-31-32-33-34-35-36-37-38-39-40-41-42-43-44-45-47-49-52-55-58-61-64-67-73(76)79-70-71(69-78-72(75)66-63-60-57-54-51-48-27-24-21-18-15-12-9-6-3)80-74(77)68-65-62-59-56-53-50-46-26-23-20-17-14-11-8-5-2/h8,11,15,17-18,20,24,26-27,46,53,56,62,65,71H,4-7,9-10,12-14,16,19,21-23,25,28-45,47-52,54-55,57-61,63-64,66-70H2,1-3H3/b11-8-,18-15-,20-17-,27-24-,46-26-,56-53-,65-62-. The summed E-state index contributed by atoms with van der Waals surface area (Å²) in [5.41, 5.74) is 0. The normalized spacial score (nSPS) is 12.6. The van der Waals surface area contributed by atoms with Gasteiger partial charge in [0.25, 0.3) is 0 Å². The molecule has 0 bridgehead atoms. The molecule has 1 unspecified atom stereocenters. The Morgan fingerprint density at radius 1 is 0.275 bits per heavy atom. The quantitative estimate of drug-likeness (QED) is 0.0261. The van der Waals surface area contributed by atoms with Crippen LogP contribution >= 0.6 is 0 Å². The molecule has 0 aromatic rings. The van der Waals surface area contributed by atoms with Gasteiger partial charge in [0.2, 0.25) is 0 Å². The van der Waals surface area contributed by atoms with E-state index in [1.807, 2.05) is 6.08 Å². The van der Waals surface area contributed by atoms with Crippen molar-refractivity contribution in [3.63, 3.8) is 0 Å². The summed E-state index contributed by atoms with van der Waals surface area (Å²) < 4.78 is 16.8. The molecule has 462 valence electrons. The average molecular weight is 1120 g/mol. The summed E-state index contributed by atoms with van der Waals surface area (Å²) in [5.74, 6) is -1.05. The molecule has 0 amide bonds. The van der Waals surface area contributed by atoms with E-state index in [1.165, 1.54) is 212 Å². The van der Waals surface area contributed by atoms with Gasteiger partial charge < -0.3 is 14.2 Å². The monoisotopic (exact) mass is 1110 g/mol. The Morgan fingerprint density at radius 2 is 0.537 bits per heavy atom. The van der Waals surface area contributed by atoms with Gasteiger partial charge in [-0.15, -0.1) is 0 Å². The van der Waals surface area contributed by atoms with Crippen molar-refractivity contribution in [2.75, 3.05) is 13.2 Å². The molecule has 0 N–H and O–H groups in total. The Bertz CT molecular complexity index is 1520. The van der Waals surface area contributed by atoms with Crippen molar-refractivity contribution >= 4 is 17.9 Å². The summed E-state index contributed by atoms with van der Waals surface area (Å²) in [6.07, 6.45) is 90.9. The molecule has 0 aliphatic carbocycles. The third kappa shape index (κ3) is 65.4. The molecule has 0 aromatic carbocycles. The molecular formula is C74H130O6. The Labute approximate surface area is 496 Å². The highest BCUT2D eigenvalue weighted by molar-refractivity contribution is 5.72. The maximum atomic E-state index is 12.8. The molecule has 0 aliphatic heterocycles. The van der Waals surface area contributed by atoms with Gasteiger partial charge in [-0.1, -0.05) is 343 Å². The van der Waals surface area contributed by atoms with Crippen LogP contribution in [0.3, 0.4) is 0 Å². The molecule has 0 radical (unpaired) electrons. The first-order valence-electron chi connectivity index (χ1n) is 34.6. The molecule has 0 spiro atoms. The highest BCUT2D eigenvalue weighted by Crippen LogP contribution is 2.18. The lowest BCUT2D eigenvalue weighted by Gasteiger charge is -2.18. The molecule has 6 nitrogen and oxygen atoms in total. The third-order valence-electron chi connectivity index (χ3n) is 15.2. The van der Waals surface area contributed by atoms with E-state index >= 15 is 0 Å². The molecular weight excluding hydrogens is 985 g/mol. The SMILES string of the molecule is CC/C=C\C/C=C\C/C=C\C/C=C\C/C=C\CC(=O)OC(COC(=O)CCCCCCC/C=C\C/C=C\CCCC)COC(=O)CCCCCCCCCCCCCCCCCCCCCCCCCCCCCCCCCCC. The van der Waals surface area contributed by atoms with Crippen molar-refractivity contribution in [1.82, 2.24) is 0 Å². The molecule has 6 heteroatoms. The largest absolute Gasteiger partial charge is 0.462 e. The summed E-state index contributed by atoms with van der Waals surface area (Å²) in [6, 6.07) is 0. The highest BCUT2D eigenvalue weighted by atomic mass is 16.6. The molecule has 0 saturated heterocycles. The fraction of sp³-hybridized carbons (Fsp3) is 0.770. The van der Waals surface area contributed by atoms with E-state index < -0.39 is 12.1 Å². The van der Waals surface area contributed by atoms with Crippen LogP contribution < -0.4 is 0 Å². The van der Waals surface area contributed by atoms with Crippen LogP contribution in [-0.2, 0) is 28.6 Å². The van der Waals surface area contributed by atoms with Crippen LogP contribution in [0, 0.1) is 0 Å². The minimum absolute atomic E-state index is 0.0948. The van der Waals surface area contributed by atoms with Crippen LogP contribution in [-0.4, -0.2) is 37.2 Å². The summed E-state index contributed by atoms with van der Waals surface area (Å²) in [7, 11) is 0. The maximum absolute atomic E-state index is 12.8. The van der Waals surface area contributed by atoms with Crippen LogP contribution in [0.25, 0.3) is 0 Å². The fourth-order valence-electron chi connectivity index (χ4n) is 10.0. The smallest absolute Gasteiger partial charge is 0.310 e. The fourth-order valence-corrected chi connectivity index (χ4v) is 10.0. The second kappa shape index (κ2) is 68.1. The Balaban J connectivity index is 4.17. The van der Waals surface area contributed by atoms with Crippen LogP contribution in [0.4, 0.5) is 0 Å². The van der Waals surface area contributed by atoms with Crippen molar-refractivity contribution < 1.29 is 28.6 Å². The molecule has 0 fully saturated rings. The van der Waals surface area contributed by atoms with Gasteiger partial charge in [0.1, 0.15) is 13.2 Å². The third-order valence-corrected chi connectivity index (χ3v) is 15.2. The number of unbranched alkanes of at least 4 members (excludes halogenated alkanes) is 39. The second-order valence-corrected chi connectivity index (χ2v) is 23.1. The predicted molar refractivity (Wildman–Crippen MR) is 348 cm³/mol. The van der Waals surface area contributed by atoms with Gasteiger partial charge in [0, 0.05) is 12.8 Å². The Kier molecular flexibility index (Phi) is 65.2. The van der Waals surface area contributed by atoms with Crippen LogP contribution in [0.15, 0.2) is 85.1 Å². The Morgan fingerprint density at radius 3 is 0.863 bits per heavy atom. The number of rotatable bonds is 63. The van der Waals surface area contributed by atoms with Gasteiger partial charge >= 0.3 is 17.9 Å². The summed E-state index contributed by atoms with van der Waals surface area (Å²) in [6.45, 7) is 6.43. The van der Waals surface area contributed by atoms with Gasteiger partial charge in [-0.25, -0.2) is 0 Å².